The largest absolute Gasteiger partial charge is 0.490 e. The third-order valence-electron chi connectivity index (χ3n) is 5.99. The van der Waals surface area contributed by atoms with E-state index >= 15 is 4.39 Å². The Morgan fingerprint density at radius 1 is 1.32 bits per heavy atom. The summed E-state index contributed by atoms with van der Waals surface area (Å²) in [6, 6.07) is 3.08. The van der Waals surface area contributed by atoms with Crippen LogP contribution in [0.3, 0.4) is 0 Å². The van der Waals surface area contributed by atoms with E-state index in [2.05, 4.69) is 4.98 Å². The SMILES string of the molecule is COC(=O)Cc1c(C)nc2c(cc(C(N)=O)n2C)c1-c1cc(F)c2c(c1C)CCCO2. The van der Waals surface area contributed by atoms with Crippen LogP contribution < -0.4 is 10.5 Å². The zero-order chi connectivity index (χ0) is 22.4. The molecule has 162 valence electrons. The summed E-state index contributed by atoms with van der Waals surface area (Å²) in [4.78, 5) is 28.8. The normalized spacial score (nSPS) is 13.1. The highest BCUT2D eigenvalue weighted by Gasteiger charge is 2.26. The van der Waals surface area contributed by atoms with Crippen molar-refractivity contribution in [2.45, 2.75) is 33.1 Å². The predicted octanol–water partition coefficient (Wildman–Crippen LogP) is 3.14. The highest BCUT2D eigenvalue weighted by atomic mass is 19.1. The number of ether oxygens (including phenoxy) is 2. The maximum absolute atomic E-state index is 15.1. The second-order valence-electron chi connectivity index (χ2n) is 7.78. The minimum atomic E-state index is -0.597. The molecule has 31 heavy (non-hydrogen) atoms. The van der Waals surface area contributed by atoms with Crippen LogP contribution in [0.2, 0.25) is 0 Å². The number of amides is 1. The van der Waals surface area contributed by atoms with Gasteiger partial charge in [0.15, 0.2) is 11.6 Å². The Morgan fingerprint density at radius 3 is 2.74 bits per heavy atom. The van der Waals surface area contributed by atoms with Gasteiger partial charge in [-0.1, -0.05) is 0 Å². The van der Waals surface area contributed by atoms with Crippen LogP contribution in [0.5, 0.6) is 5.75 Å². The maximum Gasteiger partial charge on any atom is 0.310 e. The minimum Gasteiger partial charge on any atom is -0.490 e. The quantitative estimate of drug-likeness (QED) is 0.648. The smallest absolute Gasteiger partial charge is 0.310 e. The number of methoxy groups -OCH3 is 1. The van der Waals surface area contributed by atoms with Gasteiger partial charge in [0.25, 0.3) is 5.91 Å². The van der Waals surface area contributed by atoms with E-state index in [1.54, 1.807) is 24.6 Å². The van der Waals surface area contributed by atoms with Crippen LogP contribution in [0, 0.1) is 19.7 Å². The number of nitrogens with zero attached hydrogens (tertiary/aromatic N) is 2. The summed E-state index contributed by atoms with van der Waals surface area (Å²) in [6.07, 6.45) is 1.47. The Hall–Kier alpha value is -3.42. The number of pyridine rings is 1. The van der Waals surface area contributed by atoms with Crippen LogP contribution in [0.1, 0.15) is 39.3 Å². The standard InChI is InChI=1S/C23H24FN3O4/c1-11-13-6-5-7-31-21(13)17(24)8-14(11)20-15(10-19(28)30-4)12(2)26-23-16(20)9-18(22(25)29)27(23)3/h8-9H,5-7,10H2,1-4H3,(H2,25,29). The van der Waals surface area contributed by atoms with E-state index in [1.165, 1.54) is 13.2 Å². The summed E-state index contributed by atoms with van der Waals surface area (Å²) in [6.45, 7) is 4.19. The van der Waals surface area contributed by atoms with Gasteiger partial charge in [0.05, 0.1) is 20.1 Å². The number of halogens is 1. The lowest BCUT2D eigenvalue weighted by Gasteiger charge is -2.23. The molecule has 0 atom stereocenters. The van der Waals surface area contributed by atoms with Gasteiger partial charge in [-0.3, -0.25) is 9.59 Å². The van der Waals surface area contributed by atoms with Crippen LogP contribution in [-0.4, -0.2) is 35.1 Å². The van der Waals surface area contributed by atoms with Gasteiger partial charge in [-0.05, 0) is 61.1 Å². The monoisotopic (exact) mass is 425 g/mol. The zero-order valence-corrected chi connectivity index (χ0v) is 18.0. The molecule has 3 aromatic rings. The molecule has 0 unspecified atom stereocenters. The number of carbonyl (C=O) groups excluding carboxylic acids is 2. The van der Waals surface area contributed by atoms with E-state index in [9.17, 15) is 9.59 Å². The molecule has 4 rings (SSSR count). The van der Waals surface area contributed by atoms with Gasteiger partial charge < -0.3 is 19.8 Å². The summed E-state index contributed by atoms with van der Waals surface area (Å²) in [5, 5.41) is 0.625. The van der Waals surface area contributed by atoms with Gasteiger partial charge in [0.2, 0.25) is 0 Å². The number of nitrogens with two attached hydrogens (primary N) is 1. The molecule has 0 saturated heterocycles. The Morgan fingerprint density at radius 2 is 2.06 bits per heavy atom. The Balaban J connectivity index is 2.12. The first-order valence-electron chi connectivity index (χ1n) is 10.0. The third kappa shape index (κ3) is 3.32. The highest BCUT2D eigenvalue weighted by molar-refractivity contribution is 6.04. The molecule has 1 aliphatic heterocycles. The van der Waals surface area contributed by atoms with Gasteiger partial charge in [-0.15, -0.1) is 0 Å². The van der Waals surface area contributed by atoms with Gasteiger partial charge in [0.1, 0.15) is 11.3 Å². The molecule has 8 heteroatoms. The minimum absolute atomic E-state index is 0.0317. The first kappa shape index (κ1) is 20.8. The van der Waals surface area contributed by atoms with Gasteiger partial charge in [0, 0.05) is 23.7 Å². The van der Waals surface area contributed by atoms with Crippen molar-refractivity contribution in [3.05, 3.63) is 46.0 Å². The molecule has 2 aromatic heterocycles. The van der Waals surface area contributed by atoms with E-state index < -0.39 is 17.7 Å². The fraction of sp³-hybridized carbons (Fsp3) is 0.348. The molecule has 0 spiro atoms. The fourth-order valence-electron chi connectivity index (χ4n) is 4.38. The molecule has 0 bridgehead atoms. The van der Waals surface area contributed by atoms with Crippen LogP contribution in [0.25, 0.3) is 22.2 Å². The zero-order valence-electron chi connectivity index (χ0n) is 18.0. The molecule has 0 aliphatic carbocycles. The van der Waals surface area contributed by atoms with Crippen molar-refractivity contribution in [3.8, 4) is 16.9 Å². The van der Waals surface area contributed by atoms with Gasteiger partial charge in [-0.25, -0.2) is 9.37 Å². The highest BCUT2D eigenvalue weighted by Crippen LogP contribution is 2.42. The number of aromatic nitrogens is 2. The summed E-state index contributed by atoms with van der Waals surface area (Å²) in [5.74, 6) is -1.20. The molecule has 1 aliphatic rings. The molecule has 1 amide bonds. The van der Waals surface area contributed by atoms with Crippen LogP contribution in [0.15, 0.2) is 12.1 Å². The Labute approximate surface area is 179 Å². The fourth-order valence-corrected chi connectivity index (χ4v) is 4.38. The number of carbonyl (C=O) groups is 2. The average Bonchev–Trinajstić information content (AvgIpc) is 3.07. The lowest BCUT2D eigenvalue weighted by molar-refractivity contribution is -0.139. The molecular formula is C23H24FN3O4. The van der Waals surface area contributed by atoms with Crippen molar-refractivity contribution in [1.29, 1.82) is 0 Å². The van der Waals surface area contributed by atoms with Crippen LogP contribution >= 0.6 is 0 Å². The molecule has 3 heterocycles. The average molecular weight is 425 g/mol. The maximum atomic E-state index is 15.1. The Kier molecular flexibility index (Phi) is 5.16. The number of primary amides is 1. The van der Waals surface area contributed by atoms with Crippen molar-refractivity contribution in [2.24, 2.45) is 12.8 Å². The number of esters is 1. The third-order valence-corrected chi connectivity index (χ3v) is 5.99. The molecule has 2 N–H and O–H groups in total. The molecule has 1 aromatic carbocycles. The number of fused-ring (bicyclic) bond motifs is 2. The molecule has 0 radical (unpaired) electrons. The van der Waals surface area contributed by atoms with E-state index in [4.69, 9.17) is 15.2 Å². The lowest BCUT2D eigenvalue weighted by Crippen LogP contribution is -2.15. The number of hydrogen-bond acceptors (Lipinski definition) is 5. The lowest BCUT2D eigenvalue weighted by atomic mass is 9.87. The first-order valence-corrected chi connectivity index (χ1v) is 10.0. The summed E-state index contributed by atoms with van der Waals surface area (Å²) in [7, 11) is 3.02. The van der Waals surface area contributed by atoms with Crippen molar-refractivity contribution >= 4 is 22.9 Å². The van der Waals surface area contributed by atoms with Gasteiger partial charge >= 0.3 is 5.97 Å². The topological polar surface area (TPSA) is 96.4 Å². The van der Waals surface area contributed by atoms with Crippen molar-refractivity contribution in [3.63, 3.8) is 0 Å². The van der Waals surface area contributed by atoms with E-state index in [0.717, 1.165) is 17.5 Å². The predicted molar refractivity (Wildman–Crippen MR) is 114 cm³/mol. The van der Waals surface area contributed by atoms with E-state index in [-0.39, 0.29) is 17.9 Å². The molecular weight excluding hydrogens is 401 g/mol. The number of benzene rings is 1. The summed E-state index contributed by atoms with van der Waals surface area (Å²) >= 11 is 0. The Bertz CT molecular complexity index is 1250. The summed E-state index contributed by atoms with van der Waals surface area (Å²) in [5.41, 5.74) is 10.6. The van der Waals surface area contributed by atoms with Crippen molar-refractivity contribution in [2.75, 3.05) is 13.7 Å². The number of rotatable bonds is 4. The second-order valence-corrected chi connectivity index (χ2v) is 7.78. The van der Waals surface area contributed by atoms with Gasteiger partial charge in [-0.2, -0.15) is 0 Å². The molecule has 7 nitrogen and oxygen atoms in total. The second kappa shape index (κ2) is 7.68. The van der Waals surface area contributed by atoms with Crippen molar-refractivity contribution in [1.82, 2.24) is 9.55 Å². The first-order chi connectivity index (χ1) is 14.7. The van der Waals surface area contributed by atoms with E-state index in [0.29, 0.717) is 46.4 Å². The molecule has 0 fully saturated rings. The van der Waals surface area contributed by atoms with Crippen LogP contribution in [0.4, 0.5) is 4.39 Å². The number of aryl methyl sites for hydroxylation is 2. The molecule has 0 saturated carbocycles. The summed E-state index contributed by atoms with van der Waals surface area (Å²) < 4.78 is 27.1. The van der Waals surface area contributed by atoms with Crippen molar-refractivity contribution < 1.29 is 23.5 Å². The van der Waals surface area contributed by atoms with Crippen LogP contribution in [-0.2, 0) is 29.4 Å². The number of hydrogen-bond donors (Lipinski definition) is 1. The van der Waals surface area contributed by atoms with E-state index in [1.807, 2.05) is 6.92 Å².